The number of alkyl carbamates (subject to hydrolysis) is 1. The van der Waals surface area contributed by atoms with Gasteiger partial charge in [0.15, 0.2) is 5.72 Å². The first kappa shape index (κ1) is 47.0. The van der Waals surface area contributed by atoms with E-state index in [1.165, 1.54) is 52.0 Å². The zero-order valence-corrected chi connectivity index (χ0v) is 36.9. The number of nitrogens with zero attached hydrogens (tertiary/aromatic N) is 2. The van der Waals surface area contributed by atoms with Gasteiger partial charge in [0.2, 0.25) is 17.7 Å². The van der Waals surface area contributed by atoms with Crippen molar-refractivity contribution in [3.63, 3.8) is 0 Å². The van der Waals surface area contributed by atoms with Crippen molar-refractivity contribution >= 4 is 63.0 Å². The van der Waals surface area contributed by atoms with E-state index in [0.717, 1.165) is 11.1 Å². The van der Waals surface area contributed by atoms with E-state index >= 15 is 0 Å². The van der Waals surface area contributed by atoms with Gasteiger partial charge in [0.25, 0.3) is 0 Å². The second-order valence-electron chi connectivity index (χ2n) is 16.1. The molecule has 7 unspecified atom stereocenters. The van der Waals surface area contributed by atoms with Crippen LogP contribution >= 0.6 is 27.5 Å². The summed E-state index contributed by atoms with van der Waals surface area (Å²) < 4.78 is 23.0. The molecule has 4 amide bonds. The van der Waals surface area contributed by atoms with E-state index in [1.54, 1.807) is 31.2 Å². The summed E-state index contributed by atoms with van der Waals surface area (Å²) in [5.74, 6) is -2.14. The highest BCUT2D eigenvalue weighted by molar-refractivity contribution is 9.09. The number of carbonyl (C=O) groups excluding carboxylic acids is 5. The van der Waals surface area contributed by atoms with Gasteiger partial charge in [0, 0.05) is 51.9 Å². The number of rotatable bonds is 12. The number of ether oxygens (including phenoxy) is 4. The number of hydrogen-bond donors (Lipinski definition) is 4. The Kier molecular flexibility index (Phi) is 15.9. The molecule has 322 valence electrons. The highest BCUT2D eigenvalue weighted by Crippen LogP contribution is 2.63. The van der Waals surface area contributed by atoms with Crippen molar-refractivity contribution in [1.29, 1.82) is 0 Å². The van der Waals surface area contributed by atoms with Crippen LogP contribution in [0.15, 0.2) is 35.9 Å². The standard InChI is InChI=1S/C41H58BrClN4O11/c1-24-13-12-14-30(56-8)41(54)22-32(58-38(52)45-41)39(3)21-29(39)40(4,53)31(20-35(50)47(6)27-18-26(17-24)19-28(55-7)36(27)43)57-37(51)25(2)46(5)34(49)15-10-9-11-16-44-33(48)23-42/h12-14,18-19,25,29-32,53-54H,9-11,15-17,20-23H2,1-8H3,(H,44,48)(H,45,52)/b14-12+,24-13+/t25-,29?,30?,31?,32?,39?,40?,41?/m0/s1. The van der Waals surface area contributed by atoms with Crippen molar-refractivity contribution < 1.29 is 53.1 Å². The number of unbranched alkanes of at least 4 members (excludes halogenated alkanes) is 2. The van der Waals surface area contributed by atoms with Crippen LogP contribution in [-0.2, 0) is 39.8 Å². The first-order valence-electron chi connectivity index (χ1n) is 19.4. The van der Waals surface area contributed by atoms with Crippen LogP contribution in [0.1, 0.15) is 78.2 Å². The molecule has 4 bridgehead atoms. The van der Waals surface area contributed by atoms with Crippen LogP contribution in [0.2, 0.25) is 5.02 Å². The van der Waals surface area contributed by atoms with Crippen LogP contribution in [0.4, 0.5) is 10.5 Å². The van der Waals surface area contributed by atoms with Gasteiger partial charge in [0.05, 0.1) is 24.5 Å². The van der Waals surface area contributed by atoms with Crippen molar-refractivity contribution in [1.82, 2.24) is 15.5 Å². The third-order valence-corrected chi connectivity index (χ3v) is 12.7. The van der Waals surface area contributed by atoms with Gasteiger partial charge in [-0.25, -0.2) is 9.59 Å². The number of likely N-dealkylation sites (N-methyl/N-ethyl adjacent to an activating group) is 1. The molecule has 0 radical (unpaired) electrons. The molecule has 8 atom stereocenters. The Morgan fingerprint density at radius 3 is 2.52 bits per heavy atom. The molecule has 2 heterocycles. The van der Waals surface area contributed by atoms with Gasteiger partial charge in [-0.15, -0.1) is 0 Å². The summed E-state index contributed by atoms with van der Waals surface area (Å²) in [6, 6.07) is 2.44. The number of alkyl halides is 1. The third-order valence-electron chi connectivity index (χ3n) is 11.8. The molecule has 0 aromatic heterocycles. The molecule has 15 nitrogen and oxygen atoms in total. The van der Waals surface area contributed by atoms with E-state index in [-0.39, 0.29) is 35.0 Å². The van der Waals surface area contributed by atoms with Crippen molar-refractivity contribution in [2.24, 2.45) is 11.3 Å². The lowest BCUT2D eigenvalue weighted by Crippen LogP contribution is -2.64. The number of halogens is 2. The molecule has 0 spiro atoms. The molecule has 2 aliphatic heterocycles. The van der Waals surface area contributed by atoms with Crippen LogP contribution in [-0.4, -0.2) is 121 Å². The first-order valence-corrected chi connectivity index (χ1v) is 20.9. The van der Waals surface area contributed by atoms with Gasteiger partial charge in [-0.3, -0.25) is 19.7 Å². The van der Waals surface area contributed by atoms with E-state index < -0.39 is 71.4 Å². The molecule has 2 fully saturated rings. The Morgan fingerprint density at radius 2 is 1.86 bits per heavy atom. The van der Waals surface area contributed by atoms with Gasteiger partial charge in [-0.05, 0) is 64.2 Å². The Labute approximate surface area is 353 Å². The number of aliphatic hydroxyl groups is 2. The molecule has 58 heavy (non-hydrogen) atoms. The minimum atomic E-state index is -1.88. The number of anilines is 1. The van der Waals surface area contributed by atoms with Gasteiger partial charge >= 0.3 is 12.1 Å². The number of benzene rings is 1. The Morgan fingerprint density at radius 1 is 1.16 bits per heavy atom. The Bertz CT molecular complexity index is 1770. The maximum Gasteiger partial charge on any atom is 0.409 e. The van der Waals surface area contributed by atoms with Crippen LogP contribution < -0.4 is 20.3 Å². The summed E-state index contributed by atoms with van der Waals surface area (Å²) in [6.07, 6.45) is 3.21. The topological polar surface area (TPSA) is 193 Å². The van der Waals surface area contributed by atoms with Gasteiger partial charge in [-0.1, -0.05) is 64.7 Å². The fraction of sp³-hybridized carbons (Fsp3) is 0.634. The number of fused-ring (bicyclic) bond motifs is 6. The molecule has 1 saturated heterocycles. The van der Waals surface area contributed by atoms with E-state index in [1.807, 2.05) is 13.0 Å². The molecule has 1 aromatic rings. The van der Waals surface area contributed by atoms with E-state index in [2.05, 4.69) is 26.6 Å². The predicted octanol–water partition coefficient (Wildman–Crippen LogP) is 4.57. The molecule has 4 rings (SSSR count). The van der Waals surface area contributed by atoms with Crippen molar-refractivity contribution in [3.8, 4) is 5.75 Å². The van der Waals surface area contributed by atoms with Crippen molar-refractivity contribution in [2.75, 3.05) is 45.1 Å². The number of nitrogens with one attached hydrogen (secondary N) is 2. The molecule has 1 saturated carbocycles. The fourth-order valence-corrected chi connectivity index (χ4v) is 8.32. The molecular weight excluding hydrogens is 840 g/mol. The van der Waals surface area contributed by atoms with E-state index in [4.69, 9.17) is 30.5 Å². The van der Waals surface area contributed by atoms with Crippen LogP contribution in [0.5, 0.6) is 5.75 Å². The summed E-state index contributed by atoms with van der Waals surface area (Å²) in [5, 5.41) is 29.9. The summed E-state index contributed by atoms with van der Waals surface area (Å²) in [4.78, 5) is 68.3. The predicted molar refractivity (Wildman–Crippen MR) is 221 cm³/mol. The molecule has 1 aliphatic carbocycles. The monoisotopic (exact) mass is 896 g/mol. The largest absolute Gasteiger partial charge is 0.495 e. The van der Waals surface area contributed by atoms with Gasteiger partial charge in [0.1, 0.15) is 40.7 Å². The molecule has 1 aromatic carbocycles. The first-order chi connectivity index (χ1) is 27.2. The normalized spacial score (nSPS) is 30.7. The number of esters is 1. The minimum absolute atomic E-state index is 0.0982. The maximum atomic E-state index is 14.2. The SMILES string of the molecule is COc1cc2cc(c1Cl)N(C)C(=O)CC(OC(=O)[C@H](C)N(C)C(=O)CCCCCNC(=O)CBr)C(C)(O)C1CC1(C)C1CC(O)(NC(=O)O1)C(OC)/C=C/C=C(\C)C2. The maximum absolute atomic E-state index is 14.2. The Hall–Kier alpha value is -3.70. The molecular formula is C41H58BrClN4O11. The van der Waals surface area contributed by atoms with E-state index in [0.29, 0.717) is 50.1 Å². The average molecular weight is 898 g/mol. The van der Waals surface area contributed by atoms with Crippen LogP contribution in [0, 0.1) is 11.3 Å². The fourth-order valence-electron chi connectivity index (χ4n) is 7.81. The zero-order chi connectivity index (χ0) is 43.2. The lowest BCUT2D eigenvalue weighted by molar-refractivity contribution is -0.178. The smallest absolute Gasteiger partial charge is 0.409 e. The van der Waals surface area contributed by atoms with Crippen molar-refractivity contribution in [2.45, 2.75) is 115 Å². The summed E-state index contributed by atoms with van der Waals surface area (Å²) in [6.45, 7) is 7.17. The number of allylic oxidation sites excluding steroid dienone is 3. The lowest BCUT2D eigenvalue weighted by atomic mass is 9.81. The van der Waals surface area contributed by atoms with Crippen LogP contribution in [0.3, 0.4) is 0 Å². The number of amides is 4. The van der Waals surface area contributed by atoms with Gasteiger partial charge < -0.3 is 44.3 Å². The highest BCUT2D eigenvalue weighted by atomic mass is 79.9. The second-order valence-corrected chi connectivity index (χ2v) is 17.0. The van der Waals surface area contributed by atoms with Crippen LogP contribution in [0.25, 0.3) is 0 Å². The number of carbonyl (C=O) groups is 5. The summed E-state index contributed by atoms with van der Waals surface area (Å²) in [5.41, 5.74) is -2.67. The molecule has 3 aliphatic rings. The molecule has 4 N–H and O–H groups in total. The average Bonchev–Trinajstić information content (AvgIpc) is 3.89. The minimum Gasteiger partial charge on any atom is -0.495 e. The third kappa shape index (κ3) is 10.9. The lowest BCUT2D eigenvalue weighted by Gasteiger charge is -2.43. The summed E-state index contributed by atoms with van der Waals surface area (Å²) in [7, 11) is 5.90. The quantitative estimate of drug-likeness (QED) is 0.131. The summed E-state index contributed by atoms with van der Waals surface area (Å²) >= 11 is 9.87. The number of methoxy groups -OCH3 is 2. The zero-order valence-electron chi connectivity index (χ0n) is 34.6. The number of hydrogen-bond acceptors (Lipinski definition) is 11. The van der Waals surface area contributed by atoms with Gasteiger partial charge in [-0.2, -0.15) is 0 Å². The highest BCUT2D eigenvalue weighted by Gasteiger charge is 2.68. The molecule has 17 heteroatoms. The van der Waals surface area contributed by atoms with Crippen molar-refractivity contribution in [3.05, 3.63) is 46.5 Å². The van der Waals surface area contributed by atoms with E-state index in [9.17, 15) is 34.2 Å². The second kappa shape index (κ2) is 19.6. The Balaban J connectivity index is 1.67.